The Morgan fingerprint density at radius 1 is 1.03 bits per heavy atom. The van der Waals surface area contributed by atoms with Crippen LogP contribution < -0.4 is 5.32 Å². The summed E-state index contributed by atoms with van der Waals surface area (Å²) in [5, 5.41) is 3.92. The van der Waals surface area contributed by atoms with Crippen LogP contribution in [0.5, 0.6) is 0 Å². The normalized spacial score (nSPS) is 11.9. The average Bonchev–Trinajstić information content (AvgIpc) is 2.70. The molecular weight excluding hydrogens is 407 g/mol. The average molecular weight is 435 g/mol. The lowest BCUT2D eigenvalue weighted by Crippen LogP contribution is -2.48. The predicted octanol–water partition coefficient (Wildman–Crippen LogP) is 5.12. The van der Waals surface area contributed by atoms with E-state index in [4.69, 9.17) is 23.2 Å². The van der Waals surface area contributed by atoms with Gasteiger partial charge in [0, 0.05) is 29.6 Å². The van der Waals surface area contributed by atoms with Gasteiger partial charge in [-0.15, -0.1) is 0 Å². The van der Waals surface area contributed by atoms with Crippen molar-refractivity contribution >= 4 is 35.0 Å². The summed E-state index contributed by atoms with van der Waals surface area (Å²) in [7, 11) is 0. The van der Waals surface area contributed by atoms with Crippen molar-refractivity contribution < 1.29 is 9.59 Å². The Morgan fingerprint density at radius 3 is 2.34 bits per heavy atom. The second-order valence-electron chi connectivity index (χ2n) is 7.56. The summed E-state index contributed by atoms with van der Waals surface area (Å²) in [6.07, 6.45) is 0.932. The van der Waals surface area contributed by atoms with Gasteiger partial charge < -0.3 is 10.2 Å². The molecule has 156 valence electrons. The molecule has 0 fully saturated rings. The molecule has 2 aromatic carbocycles. The fraction of sp³-hybridized carbons (Fsp3) is 0.391. The molecule has 0 aliphatic carbocycles. The minimum atomic E-state index is -0.608. The summed E-state index contributed by atoms with van der Waals surface area (Å²) >= 11 is 12.3. The Kier molecular flexibility index (Phi) is 8.99. The molecular formula is C23H28Cl2N2O2. The molecule has 0 bridgehead atoms. The summed E-state index contributed by atoms with van der Waals surface area (Å²) in [5.74, 6) is 0.0722. The summed E-state index contributed by atoms with van der Waals surface area (Å²) < 4.78 is 0. The number of carbonyl (C=O) groups excluding carboxylic acids is 2. The fourth-order valence-electron chi connectivity index (χ4n) is 2.91. The SMILES string of the molecule is CC(C)CNC(=O)C(C)N(Cc1ccc(Cl)cc1Cl)C(=O)CCc1ccccc1. The van der Waals surface area contributed by atoms with Crippen molar-refractivity contribution in [3.63, 3.8) is 0 Å². The third-order valence-electron chi connectivity index (χ3n) is 4.68. The number of rotatable bonds is 9. The van der Waals surface area contributed by atoms with E-state index in [1.54, 1.807) is 30.0 Å². The highest BCUT2D eigenvalue weighted by atomic mass is 35.5. The van der Waals surface area contributed by atoms with Crippen LogP contribution in [-0.2, 0) is 22.6 Å². The molecule has 2 aromatic rings. The number of hydrogen-bond donors (Lipinski definition) is 1. The number of nitrogens with one attached hydrogen (secondary N) is 1. The third kappa shape index (κ3) is 7.37. The standard InChI is InChI=1S/C23H28Cl2N2O2/c1-16(2)14-26-23(29)17(3)27(15-19-10-11-20(24)13-21(19)25)22(28)12-9-18-7-5-4-6-8-18/h4-8,10-11,13,16-17H,9,12,14-15H2,1-3H3,(H,26,29). The summed E-state index contributed by atoms with van der Waals surface area (Å²) in [5.41, 5.74) is 1.84. The van der Waals surface area contributed by atoms with E-state index >= 15 is 0 Å². The molecule has 0 aliphatic rings. The first-order valence-electron chi connectivity index (χ1n) is 9.83. The van der Waals surface area contributed by atoms with Crippen LogP contribution in [0.25, 0.3) is 0 Å². The van der Waals surface area contributed by atoms with Crippen LogP contribution in [0.4, 0.5) is 0 Å². The molecule has 2 rings (SSSR count). The van der Waals surface area contributed by atoms with Gasteiger partial charge in [-0.3, -0.25) is 9.59 Å². The topological polar surface area (TPSA) is 49.4 Å². The highest BCUT2D eigenvalue weighted by Gasteiger charge is 2.26. The van der Waals surface area contributed by atoms with E-state index in [0.29, 0.717) is 35.3 Å². The summed E-state index contributed by atoms with van der Waals surface area (Å²) in [6, 6.07) is 14.4. The van der Waals surface area contributed by atoms with Gasteiger partial charge in [0.1, 0.15) is 6.04 Å². The van der Waals surface area contributed by atoms with Crippen LogP contribution in [0.2, 0.25) is 10.0 Å². The zero-order valence-electron chi connectivity index (χ0n) is 17.1. The van der Waals surface area contributed by atoms with Gasteiger partial charge in [-0.05, 0) is 42.5 Å². The highest BCUT2D eigenvalue weighted by Crippen LogP contribution is 2.23. The monoisotopic (exact) mass is 434 g/mol. The lowest BCUT2D eigenvalue weighted by atomic mass is 10.1. The molecule has 1 N–H and O–H groups in total. The van der Waals surface area contributed by atoms with Crippen LogP contribution >= 0.6 is 23.2 Å². The number of amides is 2. The Hall–Kier alpha value is -2.04. The van der Waals surface area contributed by atoms with Crippen molar-refractivity contribution in [2.24, 2.45) is 5.92 Å². The number of aryl methyl sites for hydroxylation is 1. The van der Waals surface area contributed by atoms with Gasteiger partial charge >= 0.3 is 0 Å². The minimum Gasteiger partial charge on any atom is -0.354 e. The maximum Gasteiger partial charge on any atom is 0.242 e. The maximum atomic E-state index is 13.1. The maximum absolute atomic E-state index is 13.1. The zero-order valence-corrected chi connectivity index (χ0v) is 18.6. The quantitative estimate of drug-likeness (QED) is 0.595. The van der Waals surface area contributed by atoms with Crippen molar-refractivity contribution in [2.75, 3.05) is 6.54 Å². The Balaban J connectivity index is 2.16. The number of halogens is 2. The molecule has 0 radical (unpaired) electrons. The van der Waals surface area contributed by atoms with Gasteiger partial charge in [0.15, 0.2) is 0 Å². The first-order valence-corrected chi connectivity index (χ1v) is 10.6. The van der Waals surface area contributed by atoms with E-state index in [0.717, 1.165) is 11.1 Å². The van der Waals surface area contributed by atoms with E-state index in [9.17, 15) is 9.59 Å². The second-order valence-corrected chi connectivity index (χ2v) is 8.40. The summed E-state index contributed by atoms with van der Waals surface area (Å²) in [6.45, 7) is 6.62. The van der Waals surface area contributed by atoms with E-state index in [2.05, 4.69) is 5.32 Å². The minimum absolute atomic E-state index is 0.0907. The van der Waals surface area contributed by atoms with Gasteiger partial charge in [0.25, 0.3) is 0 Å². The van der Waals surface area contributed by atoms with Crippen LogP contribution in [0, 0.1) is 5.92 Å². The number of carbonyl (C=O) groups is 2. The molecule has 0 saturated carbocycles. The highest BCUT2D eigenvalue weighted by molar-refractivity contribution is 6.35. The third-order valence-corrected chi connectivity index (χ3v) is 5.26. The first-order chi connectivity index (χ1) is 13.8. The molecule has 1 unspecified atom stereocenters. The first kappa shape index (κ1) is 23.2. The smallest absolute Gasteiger partial charge is 0.242 e. The second kappa shape index (κ2) is 11.2. The van der Waals surface area contributed by atoms with Crippen LogP contribution in [0.1, 0.15) is 38.3 Å². The fourth-order valence-corrected chi connectivity index (χ4v) is 3.38. The van der Waals surface area contributed by atoms with Gasteiger partial charge in [-0.25, -0.2) is 0 Å². The Labute approximate surface area is 183 Å². The zero-order chi connectivity index (χ0) is 21.4. The van der Waals surface area contributed by atoms with Crippen LogP contribution in [0.3, 0.4) is 0 Å². The number of hydrogen-bond acceptors (Lipinski definition) is 2. The molecule has 29 heavy (non-hydrogen) atoms. The van der Waals surface area contributed by atoms with Gasteiger partial charge in [0.2, 0.25) is 11.8 Å². The lowest BCUT2D eigenvalue weighted by Gasteiger charge is -2.29. The van der Waals surface area contributed by atoms with E-state index in [-0.39, 0.29) is 18.4 Å². The van der Waals surface area contributed by atoms with Gasteiger partial charge in [-0.1, -0.05) is 73.4 Å². The molecule has 0 heterocycles. The van der Waals surface area contributed by atoms with Crippen molar-refractivity contribution in [3.8, 4) is 0 Å². The summed E-state index contributed by atoms with van der Waals surface area (Å²) in [4.78, 5) is 27.3. The van der Waals surface area contributed by atoms with Crippen LogP contribution in [-0.4, -0.2) is 29.3 Å². The van der Waals surface area contributed by atoms with E-state index in [1.165, 1.54) is 0 Å². The molecule has 2 amide bonds. The Bertz CT molecular complexity index is 825. The Morgan fingerprint density at radius 2 is 1.72 bits per heavy atom. The molecule has 0 aromatic heterocycles. The van der Waals surface area contributed by atoms with Crippen molar-refractivity contribution in [2.45, 2.75) is 46.2 Å². The number of benzene rings is 2. The largest absolute Gasteiger partial charge is 0.354 e. The molecule has 0 spiro atoms. The lowest BCUT2D eigenvalue weighted by molar-refractivity contribution is -0.140. The molecule has 1 atom stereocenters. The van der Waals surface area contributed by atoms with E-state index < -0.39 is 6.04 Å². The predicted molar refractivity (Wildman–Crippen MR) is 119 cm³/mol. The number of nitrogens with zero attached hydrogens (tertiary/aromatic N) is 1. The van der Waals surface area contributed by atoms with Gasteiger partial charge in [0.05, 0.1) is 0 Å². The molecule has 4 nitrogen and oxygen atoms in total. The van der Waals surface area contributed by atoms with Crippen LogP contribution in [0.15, 0.2) is 48.5 Å². The van der Waals surface area contributed by atoms with Crippen molar-refractivity contribution in [3.05, 3.63) is 69.7 Å². The molecule has 6 heteroatoms. The van der Waals surface area contributed by atoms with E-state index in [1.807, 2.05) is 44.2 Å². The molecule has 0 aliphatic heterocycles. The van der Waals surface area contributed by atoms with Crippen molar-refractivity contribution in [1.29, 1.82) is 0 Å². The van der Waals surface area contributed by atoms with Gasteiger partial charge in [-0.2, -0.15) is 0 Å². The molecule has 0 saturated heterocycles. The van der Waals surface area contributed by atoms with Crippen molar-refractivity contribution in [1.82, 2.24) is 10.2 Å².